The van der Waals surface area contributed by atoms with Gasteiger partial charge in [-0.05, 0) is 68.0 Å². The molecule has 3 aromatic heterocycles. The van der Waals surface area contributed by atoms with Crippen molar-refractivity contribution in [2.45, 2.75) is 31.5 Å². The summed E-state index contributed by atoms with van der Waals surface area (Å²) in [5, 5.41) is 9.37. The number of aromatic nitrogens is 4. The number of nitrogens with zero attached hydrogens (tertiary/aromatic N) is 5. The Hall–Kier alpha value is -2.66. The van der Waals surface area contributed by atoms with Crippen LogP contribution < -0.4 is 10.5 Å². The van der Waals surface area contributed by atoms with Crippen LogP contribution in [0.1, 0.15) is 30.9 Å². The zero-order valence-electron chi connectivity index (χ0n) is 20.5. The highest BCUT2D eigenvalue weighted by Crippen LogP contribution is 2.40. The van der Waals surface area contributed by atoms with Crippen LogP contribution >= 0.6 is 24.8 Å². The molecule has 38 heavy (non-hydrogen) atoms. The minimum Gasteiger partial charge on any atom is -0.491 e. The van der Waals surface area contributed by atoms with Crippen molar-refractivity contribution in [3.8, 4) is 17.3 Å². The summed E-state index contributed by atoms with van der Waals surface area (Å²) in [6.45, 7) is 1.72. The van der Waals surface area contributed by atoms with Gasteiger partial charge >= 0.3 is 6.18 Å². The van der Waals surface area contributed by atoms with Crippen molar-refractivity contribution in [2.24, 2.45) is 17.6 Å². The molecule has 4 heterocycles. The highest BCUT2D eigenvalue weighted by atomic mass is 35.5. The fourth-order valence-corrected chi connectivity index (χ4v) is 4.99. The highest BCUT2D eigenvalue weighted by molar-refractivity contribution is 5.86. The first kappa shape index (κ1) is 28.4. The Labute approximate surface area is 230 Å². The van der Waals surface area contributed by atoms with Gasteiger partial charge in [-0.15, -0.1) is 35.0 Å². The van der Waals surface area contributed by atoms with Crippen molar-refractivity contribution in [3.05, 3.63) is 54.2 Å². The van der Waals surface area contributed by atoms with E-state index >= 15 is 0 Å². The van der Waals surface area contributed by atoms with E-state index in [2.05, 4.69) is 10.2 Å². The second kappa shape index (κ2) is 11.2. The summed E-state index contributed by atoms with van der Waals surface area (Å²) >= 11 is 0. The molecular weight excluding hydrogens is 540 g/mol. The van der Waals surface area contributed by atoms with E-state index < -0.39 is 12.2 Å². The van der Waals surface area contributed by atoms with Gasteiger partial charge in [-0.3, -0.25) is 9.30 Å². The first-order valence-electron chi connectivity index (χ1n) is 12.3. The van der Waals surface area contributed by atoms with E-state index in [0.717, 1.165) is 5.39 Å². The number of rotatable bonds is 7. The lowest BCUT2D eigenvalue weighted by molar-refractivity contribution is -0.184. The zero-order chi connectivity index (χ0) is 24.9. The van der Waals surface area contributed by atoms with Gasteiger partial charge in [-0.25, -0.2) is 4.98 Å². The van der Waals surface area contributed by atoms with Crippen LogP contribution in [0.3, 0.4) is 0 Å². The fourth-order valence-electron chi connectivity index (χ4n) is 4.99. The number of pyridine rings is 2. The van der Waals surface area contributed by atoms with E-state index in [9.17, 15) is 13.2 Å². The molecule has 7 nitrogen and oxygen atoms in total. The minimum absolute atomic E-state index is 0. The lowest BCUT2D eigenvalue weighted by Crippen LogP contribution is -2.37. The van der Waals surface area contributed by atoms with Crippen LogP contribution in [-0.4, -0.2) is 56.9 Å². The zero-order valence-corrected chi connectivity index (χ0v) is 22.1. The summed E-state index contributed by atoms with van der Waals surface area (Å²) in [7, 11) is 0. The van der Waals surface area contributed by atoms with E-state index in [1.807, 2.05) is 30.3 Å². The second-order valence-electron chi connectivity index (χ2n) is 9.82. The Morgan fingerprint density at radius 3 is 2.53 bits per heavy atom. The van der Waals surface area contributed by atoms with Gasteiger partial charge in [0.1, 0.15) is 23.0 Å². The molecule has 1 aliphatic heterocycles. The van der Waals surface area contributed by atoms with Crippen molar-refractivity contribution < 1.29 is 17.9 Å². The average molecular weight is 569 g/mol. The molecule has 0 spiro atoms. The minimum atomic E-state index is -4.43. The van der Waals surface area contributed by atoms with Crippen LogP contribution in [0.25, 0.3) is 28.1 Å². The van der Waals surface area contributed by atoms with E-state index in [1.165, 1.54) is 30.0 Å². The number of likely N-dealkylation sites (tertiary alicyclic amines) is 1. The van der Waals surface area contributed by atoms with E-state index in [-0.39, 0.29) is 36.3 Å². The lowest BCUT2D eigenvalue weighted by atomic mass is 10.1. The second-order valence-corrected chi connectivity index (χ2v) is 9.82. The molecule has 2 fully saturated rings. The Bertz CT molecular complexity index is 1410. The number of alkyl halides is 3. The van der Waals surface area contributed by atoms with Crippen LogP contribution in [0.4, 0.5) is 13.2 Å². The number of hydrogen-bond acceptors (Lipinski definition) is 6. The van der Waals surface area contributed by atoms with Crippen molar-refractivity contribution >= 4 is 41.4 Å². The van der Waals surface area contributed by atoms with Gasteiger partial charge in [0.25, 0.3) is 0 Å². The Balaban J connectivity index is 0.00000168. The molecule has 204 valence electrons. The molecule has 1 saturated carbocycles. The van der Waals surface area contributed by atoms with Crippen molar-refractivity contribution in [3.63, 3.8) is 0 Å². The molecule has 6 rings (SSSR count). The first-order chi connectivity index (χ1) is 17.4. The van der Waals surface area contributed by atoms with Crippen molar-refractivity contribution in [1.82, 2.24) is 24.5 Å². The molecule has 2 aliphatic rings. The van der Waals surface area contributed by atoms with Crippen LogP contribution in [0.2, 0.25) is 0 Å². The standard InChI is InChI=1S/C26H27F3N6O.2ClH/c27-26(28,29)24(34-11-10-17(12-30)13-34)19-7-9-22-32-33-25(35(22)14-19)20-8-6-18-2-1-3-21(23(18)31-20)36-15-16-4-5-16;;/h1-3,6-9,14,16-17,24H,4-5,10-13,15,30H2;2*1H/t17-,24?;;/m0../s1. The predicted octanol–water partition coefficient (Wildman–Crippen LogP) is 5.46. The Morgan fingerprint density at radius 1 is 1.00 bits per heavy atom. The number of nitrogens with two attached hydrogens (primary N) is 1. The van der Waals surface area contributed by atoms with Crippen LogP contribution in [0.5, 0.6) is 5.75 Å². The highest BCUT2D eigenvalue weighted by Gasteiger charge is 2.46. The van der Waals surface area contributed by atoms with E-state index in [0.29, 0.717) is 67.0 Å². The summed E-state index contributed by atoms with van der Waals surface area (Å²) in [4.78, 5) is 6.27. The molecule has 12 heteroatoms. The lowest BCUT2D eigenvalue weighted by Gasteiger charge is -2.30. The van der Waals surface area contributed by atoms with Gasteiger partial charge in [0.2, 0.25) is 0 Å². The smallest absolute Gasteiger partial charge is 0.408 e. The van der Waals surface area contributed by atoms with Crippen LogP contribution in [0, 0.1) is 11.8 Å². The molecule has 4 aromatic rings. The number of para-hydroxylation sites is 1. The molecule has 0 radical (unpaired) electrons. The number of fused-ring (bicyclic) bond motifs is 2. The number of benzene rings is 1. The van der Waals surface area contributed by atoms with Gasteiger partial charge in [0.15, 0.2) is 11.5 Å². The van der Waals surface area contributed by atoms with Gasteiger partial charge in [-0.2, -0.15) is 13.2 Å². The maximum Gasteiger partial charge on any atom is 0.408 e. The van der Waals surface area contributed by atoms with Crippen LogP contribution in [-0.2, 0) is 0 Å². The summed E-state index contributed by atoms with van der Waals surface area (Å²) in [6, 6.07) is 10.8. The van der Waals surface area contributed by atoms with E-state index in [4.69, 9.17) is 15.5 Å². The topological polar surface area (TPSA) is 81.6 Å². The third-order valence-electron chi connectivity index (χ3n) is 7.15. The normalized spacial score (nSPS) is 18.8. The number of ether oxygens (including phenoxy) is 1. The summed E-state index contributed by atoms with van der Waals surface area (Å²) in [6.07, 6.45) is 0.0805. The molecule has 1 unspecified atom stereocenters. The quantitative estimate of drug-likeness (QED) is 0.319. The molecule has 0 amide bonds. The predicted molar refractivity (Wildman–Crippen MR) is 144 cm³/mol. The molecule has 0 bridgehead atoms. The third-order valence-corrected chi connectivity index (χ3v) is 7.15. The summed E-state index contributed by atoms with van der Waals surface area (Å²) < 4.78 is 50.4. The molecule has 2 atom stereocenters. The Morgan fingerprint density at radius 2 is 1.82 bits per heavy atom. The van der Waals surface area contributed by atoms with Gasteiger partial charge in [0, 0.05) is 18.1 Å². The SMILES string of the molecule is Cl.Cl.NC[C@@H]1CCN(C(c2ccc3nnc(-c4ccc5cccc(OCC6CC6)c5n4)n3c2)C(F)(F)F)C1. The van der Waals surface area contributed by atoms with Crippen molar-refractivity contribution in [1.29, 1.82) is 0 Å². The van der Waals surface area contributed by atoms with Crippen molar-refractivity contribution in [2.75, 3.05) is 26.2 Å². The molecule has 1 saturated heterocycles. The summed E-state index contributed by atoms with van der Waals surface area (Å²) in [5.41, 5.74) is 7.54. The summed E-state index contributed by atoms with van der Waals surface area (Å²) in [5.74, 6) is 1.74. The molecule has 1 aromatic carbocycles. The van der Waals surface area contributed by atoms with Crippen LogP contribution in [0.15, 0.2) is 48.7 Å². The Kier molecular flexibility index (Phi) is 8.37. The number of hydrogen-bond donors (Lipinski definition) is 1. The van der Waals surface area contributed by atoms with Gasteiger partial charge in [0.05, 0.1) is 6.61 Å². The largest absolute Gasteiger partial charge is 0.491 e. The molecule has 1 aliphatic carbocycles. The molecule has 2 N–H and O–H groups in total. The monoisotopic (exact) mass is 568 g/mol. The maximum atomic E-state index is 14.3. The van der Waals surface area contributed by atoms with Gasteiger partial charge < -0.3 is 10.5 Å². The van der Waals surface area contributed by atoms with Gasteiger partial charge in [-0.1, -0.05) is 24.3 Å². The number of halogens is 5. The fraction of sp³-hybridized carbons (Fsp3) is 0.423. The average Bonchev–Trinajstić information content (AvgIpc) is 3.42. The molecular formula is C26H29Cl2F3N6O. The maximum absolute atomic E-state index is 14.3. The third kappa shape index (κ3) is 5.54. The van der Waals surface area contributed by atoms with E-state index in [1.54, 1.807) is 10.5 Å². The first-order valence-corrected chi connectivity index (χ1v) is 12.3.